The molecule has 0 saturated carbocycles. The van der Waals surface area contributed by atoms with Crippen LogP contribution in [0.15, 0.2) is 0 Å². The van der Waals surface area contributed by atoms with Crippen molar-refractivity contribution in [3.63, 3.8) is 0 Å². The van der Waals surface area contributed by atoms with Crippen molar-refractivity contribution in [3.05, 3.63) is 0 Å². The second-order valence-corrected chi connectivity index (χ2v) is 10.1. The van der Waals surface area contributed by atoms with Crippen LogP contribution < -0.4 is 0 Å². The lowest BCUT2D eigenvalue weighted by molar-refractivity contribution is -0.140. The van der Waals surface area contributed by atoms with Crippen LogP contribution >= 0.6 is 0 Å². The fourth-order valence-electron chi connectivity index (χ4n) is 5.01. The van der Waals surface area contributed by atoms with E-state index in [2.05, 4.69) is 44.4 Å². The predicted octanol–water partition coefficient (Wildman–Crippen LogP) is 5.34. The molecule has 1 atom stereocenters. The highest BCUT2D eigenvalue weighted by atomic mass is 16.2. The number of nitrogens with zero attached hydrogens (tertiary/aromatic N) is 2. The summed E-state index contributed by atoms with van der Waals surface area (Å²) in [5.74, 6) is 0.607. The zero-order chi connectivity index (χ0) is 19.2. The van der Waals surface area contributed by atoms with Gasteiger partial charge in [-0.05, 0) is 55.9 Å². The van der Waals surface area contributed by atoms with Gasteiger partial charge < -0.3 is 9.80 Å². The maximum Gasteiger partial charge on any atom is 0.225 e. The number of amides is 1. The van der Waals surface area contributed by atoms with Crippen LogP contribution in [0.1, 0.15) is 92.4 Å². The molecule has 1 unspecified atom stereocenters. The minimum absolute atomic E-state index is 0.211. The van der Waals surface area contributed by atoms with Gasteiger partial charge in [-0.2, -0.15) is 0 Å². The van der Waals surface area contributed by atoms with E-state index < -0.39 is 0 Å². The molecule has 0 radical (unpaired) electrons. The Labute approximate surface area is 162 Å². The monoisotopic (exact) mass is 364 g/mol. The zero-order valence-electron chi connectivity index (χ0n) is 18.3. The fraction of sp³-hybridized carbons (Fsp3) is 0.957. The van der Waals surface area contributed by atoms with Crippen LogP contribution in [0.2, 0.25) is 0 Å². The van der Waals surface area contributed by atoms with Crippen LogP contribution in [0.4, 0.5) is 0 Å². The van der Waals surface area contributed by atoms with Crippen molar-refractivity contribution in [2.45, 2.75) is 92.4 Å². The van der Waals surface area contributed by atoms with Gasteiger partial charge in [-0.15, -0.1) is 0 Å². The van der Waals surface area contributed by atoms with Crippen LogP contribution in [0.25, 0.3) is 0 Å². The van der Waals surface area contributed by atoms with Gasteiger partial charge >= 0.3 is 0 Å². The third-order valence-corrected chi connectivity index (χ3v) is 6.93. The maximum absolute atomic E-state index is 12.5. The van der Waals surface area contributed by atoms with E-state index in [0.717, 1.165) is 25.9 Å². The van der Waals surface area contributed by atoms with Gasteiger partial charge in [0, 0.05) is 32.1 Å². The summed E-state index contributed by atoms with van der Waals surface area (Å²) < 4.78 is 0. The number of hydrogen-bond donors (Lipinski definition) is 0. The highest BCUT2D eigenvalue weighted by Crippen LogP contribution is 2.41. The van der Waals surface area contributed by atoms with E-state index in [1.165, 1.54) is 64.6 Å². The molecule has 1 spiro atoms. The van der Waals surface area contributed by atoms with Crippen LogP contribution in [0.3, 0.4) is 0 Å². The van der Waals surface area contributed by atoms with Gasteiger partial charge in [0.05, 0.1) is 0 Å². The Morgan fingerprint density at radius 2 is 1.65 bits per heavy atom. The number of likely N-dealkylation sites (tertiary alicyclic amines) is 2. The molecule has 2 rings (SSSR count). The zero-order valence-corrected chi connectivity index (χ0v) is 18.3. The Bertz CT molecular complexity index is 429. The predicted molar refractivity (Wildman–Crippen MR) is 111 cm³/mol. The largest absolute Gasteiger partial charge is 0.342 e. The van der Waals surface area contributed by atoms with Crippen molar-refractivity contribution >= 4 is 5.91 Å². The van der Waals surface area contributed by atoms with Crippen LogP contribution in [-0.4, -0.2) is 48.4 Å². The summed E-state index contributed by atoms with van der Waals surface area (Å²) in [4.78, 5) is 17.3. The van der Waals surface area contributed by atoms with Crippen LogP contribution in [-0.2, 0) is 4.79 Å². The third kappa shape index (κ3) is 5.97. The molecule has 3 heteroatoms. The van der Waals surface area contributed by atoms with Gasteiger partial charge in [0.1, 0.15) is 0 Å². The van der Waals surface area contributed by atoms with Gasteiger partial charge in [0.2, 0.25) is 5.91 Å². The molecule has 0 bridgehead atoms. The summed E-state index contributed by atoms with van der Waals surface area (Å²) in [7, 11) is 0. The molecule has 26 heavy (non-hydrogen) atoms. The van der Waals surface area contributed by atoms with Gasteiger partial charge in [0.15, 0.2) is 0 Å². The fourth-order valence-corrected chi connectivity index (χ4v) is 5.01. The van der Waals surface area contributed by atoms with E-state index >= 15 is 0 Å². The molecule has 152 valence electrons. The second kappa shape index (κ2) is 9.57. The topological polar surface area (TPSA) is 23.6 Å². The van der Waals surface area contributed by atoms with E-state index in [1.54, 1.807) is 0 Å². The Kier molecular flexibility index (Phi) is 8.00. The van der Waals surface area contributed by atoms with Gasteiger partial charge in [-0.1, -0.05) is 53.9 Å². The normalized spacial score (nSPS) is 21.7. The highest BCUT2D eigenvalue weighted by Gasteiger charge is 2.45. The lowest BCUT2D eigenvalue weighted by atomic mass is 9.71. The van der Waals surface area contributed by atoms with Crippen LogP contribution in [0.5, 0.6) is 0 Å². The number of unbranched alkanes of at least 4 members (excludes halogenated alkanes) is 1. The van der Waals surface area contributed by atoms with Crippen molar-refractivity contribution in [1.29, 1.82) is 0 Å². The van der Waals surface area contributed by atoms with Crippen molar-refractivity contribution in [3.8, 4) is 0 Å². The first kappa shape index (κ1) is 21.7. The Hall–Kier alpha value is -0.570. The van der Waals surface area contributed by atoms with E-state index in [9.17, 15) is 4.79 Å². The molecular weight excluding hydrogens is 320 g/mol. The lowest BCUT2D eigenvalue weighted by Crippen LogP contribution is -2.61. The number of carbonyl (C=O) groups excluding carboxylic acids is 1. The summed E-state index contributed by atoms with van der Waals surface area (Å²) in [6.45, 7) is 17.2. The molecular formula is C23H44N2O. The van der Waals surface area contributed by atoms with E-state index in [1.807, 2.05) is 0 Å². The number of carbonyl (C=O) groups is 1. The molecule has 2 fully saturated rings. The first-order valence-electron chi connectivity index (χ1n) is 11.3. The van der Waals surface area contributed by atoms with Gasteiger partial charge in [-0.3, -0.25) is 4.79 Å². The minimum atomic E-state index is 0.211. The molecule has 1 amide bonds. The average Bonchev–Trinajstić information content (AvgIpc) is 2.58. The average molecular weight is 365 g/mol. The molecule has 0 aromatic rings. The molecule has 0 aliphatic carbocycles. The van der Waals surface area contributed by atoms with Crippen LogP contribution in [0, 0.1) is 16.7 Å². The Morgan fingerprint density at radius 3 is 2.23 bits per heavy atom. The first-order chi connectivity index (χ1) is 12.3. The third-order valence-electron chi connectivity index (χ3n) is 6.93. The molecule has 2 saturated heterocycles. The summed E-state index contributed by atoms with van der Waals surface area (Å²) in [5.41, 5.74) is 1.04. The minimum Gasteiger partial charge on any atom is -0.342 e. The molecule has 0 aromatic heterocycles. The SMILES string of the molecule is CCCCC(C)(C)CCCN1CC2(CCN(C(=O)C(C)CCC)CC2)C1. The maximum atomic E-state index is 12.5. The first-order valence-corrected chi connectivity index (χ1v) is 11.3. The van der Waals surface area contributed by atoms with Crippen molar-refractivity contribution in [2.24, 2.45) is 16.7 Å². The van der Waals surface area contributed by atoms with E-state index in [0.29, 0.717) is 16.7 Å². The molecule has 2 aliphatic rings. The van der Waals surface area contributed by atoms with E-state index in [4.69, 9.17) is 0 Å². The number of hydrogen-bond acceptors (Lipinski definition) is 2. The van der Waals surface area contributed by atoms with E-state index in [-0.39, 0.29) is 5.92 Å². The van der Waals surface area contributed by atoms with Crippen molar-refractivity contribution in [2.75, 3.05) is 32.7 Å². The summed E-state index contributed by atoms with van der Waals surface area (Å²) in [6, 6.07) is 0. The molecule has 0 N–H and O–H groups in total. The van der Waals surface area contributed by atoms with Gasteiger partial charge in [-0.25, -0.2) is 0 Å². The molecule has 3 nitrogen and oxygen atoms in total. The summed E-state index contributed by atoms with van der Waals surface area (Å²) in [5, 5.41) is 0. The number of piperidine rings is 1. The molecule has 2 heterocycles. The quantitative estimate of drug-likeness (QED) is 0.522. The summed E-state index contributed by atoms with van der Waals surface area (Å²) in [6.07, 6.45) is 11.3. The smallest absolute Gasteiger partial charge is 0.225 e. The lowest BCUT2D eigenvalue weighted by Gasteiger charge is -2.54. The Morgan fingerprint density at radius 1 is 1.04 bits per heavy atom. The van der Waals surface area contributed by atoms with Gasteiger partial charge in [0.25, 0.3) is 0 Å². The Balaban J connectivity index is 1.63. The molecule has 2 aliphatic heterocycles. The molecule has 0 aromatic carbocycles. The summed E-state index contributed by atoms with van der Waals surface area (Å²) >= 11 is 0. The highest BCUT2D eigenvalue weighted by molar-refractivity contribution is 5.78. The van der Waals surface area contributed by atoms with Crippen molar-refractivity contribution < 1.29 is 4.79 Å². The number of rotatable bonds is 10. The second-order valence-electron chi connectivity index (χ2n) is 10.1. The van der Waals surface area contributed by atoms with Crippen molar-refractivity contribution in [1.82, 2.24) is 9.80 Å². The standard InChI is InChI=1S/C23H44N2O/c1-6-8-11-22(4,5)12-9-15-24-18-23(19-24)13-16-25(17-14-23)21(26)20(3)10-7-2/h20H,6-19H2,1-5H3.